The van der Waals surface area contributed by atoms with Crippen molar-refractivity contribution in [2.45, 2.75) is 60.8 Å². The van der Waals surface area contributed by atoms with Gasteiger partial charge in [0.25, 0.3) is 11.6 Å². The van der Waals surface area contributed by atoms with Crippen LogP contribution < -0.4 is 16.0 Å². The minimum absolute atomic E-state index is 0.0344. The summed E-state index contributed by atoms with van der Waals surface area (Å²) in [4.78, 5) is 55.9. The maximum Gasteiger partial charge on any atom is 0.407 e. The summed E-state index contributed by atoms with van der Waals surface area (Å²) in [5.41, 5.74) is 1.40. The summed E-state index contributed by atoms with van der Waals surface area (Å²) >= 11 is 0. The van der Waals surface area contributed by atoms with Gasteiger partial charge in [-0.05, 0) is 49.2 Å². The van der Waals surface area contributed by atoms with Crippen LogP contribution in [0.5, 0.6) is 0 Å². The van der Waals surface area contributed by atoms with Crippen LogP contribution in [-0.2, 0) is 19.1 Å². The average molecular weight is 654 g/mol. The zero-order chi connectivity index (χ0) is 36.3. The van der Waals surface area contributed by atoms with E-state index >= 15 is 0 Å². The third-order valence-corrected chi connectivity index (χ3v) is 4.74. The molecule has 0 spiro atoms. The number of hydrogen-bond acceptors (Lipinski definition) is 9. The normalized spacial score (nSPS) is 10.0. The van der Waals surface area contributed by atoms with Crippen LogP contribution in [0.2, 0.25) is 0 Å². The first-order chi connectivity index (χ1) is 22.2. The van der Waals surface area contributed by atoms with Gasteiger partial charge in [0, 0.05) is 63.5 Å². The molecule has 0 bridgehead atoms. The van der Waals surface area contributed by atoms with Crippen LogP contribution in [0.4, 0.5) is 21.9 Å². The van der Waals surface area contributed by atoms with Crippen LogP contribution in [0.25, 0.3) is 0 Å². The molecule has 1 aliphatic rings. The predicted octanol–water partition coefficient (Wildman–Crippen LogP) is 5.72. The number of nitrogens with one attached hydrogen (secondary N) is 3. The van der Waals surface area contributed by atoms with Crippen LogP contribution in [0.3, 0.4) is 0 Å². The summed E-state index contributed by atoms with van der Waals surface area (Å²) in [6.07, 6.45) is 3.37. The molecule has 4 N–H and O–H groups in total. The third kappa shape index (κ3) is 24.8. The van der Waals surface area contributed by atoms with E-state index in [4.69, 9.17) is 5.11 Å². The number of carbonyl (C=O) groups is 4. The first-order valence-corrected chi connectivity index (χ1v) is 15.0. The topological polar surface area (TPSA) is 189 Å². The summed E-state index contributed by atoms with van der Waals surface area (Å²) in [5.74, 6) is -0.413. The predicted molar refractivity (Wildman–Crippen MR) is 183 cm³/mol. The number of rotatable bonds is 7. The second-order valence-corrected chi connectivity index (χ2v) is 8.15. The standard InChI is InChI=1S/C14H11N3O4.C8H14N2O3.C3H8.C2H6O.2C2H6.CH4O/c18-9-15-11-3-5-12(6-4-11)16-14(19)10-1-7-13(8-2-10)17(20)21;1-13-8(12)9-6-7(11)10-4-2-3-5-10;2*1-3-2;3*1-2/h1-9H,(H,15,18)(H,16,19);2-6H2,1H3,(H,9,12);3H2,1-2H3;1-2H3;2*1-2H3;2H,1H3. The monoisotopic (exact) mass is 653 g/mol. The molecule has 14 heteroatoms. The van der Waals surface area contributed by atoms with Gasteiger partial charge in [-0.15, -0.1) is 0 Å². The Morgan fingerprint density at radius 1 is 0.891 bits per heavy atom. The molecule has 0 atom stereocenters. The molecular formula is C32H55N5O9. The number of nitrogens with zero attached hydrogens (tertiary/aromatic N) is 2. The minimum Gasteiger partial charge on any atom is -0.453 e. The number of anilines is 2. The molecule has 1 saturated heterocycles. The highest BCUT2D eigenvalue weighted by molar-refractivity contribution is 6.04. The van der Waals surface area contributed by atoms with Crippen molar-refractivity contribution >= 4 is 41.4 Å². The van der Waals surface area contributed by atoms with E-state index in [1.165, 1.54) is 37.8 Å². The molecule has 0 radical (unpaired) electrons. The summed E-state index contributed by atoms with van der Waals surface area (Å²) in [6, 6.07) is 11.9. The van der Waals surface area contributed by atoms with Gasteiger partial charge >= 0.3 is 6.09 Å². The van der Waals surface area contributed by atoms with Gasteiger partial charge in [-0.2, -0.15) is 0 Å². The molecule has 0 unspecified atom stereocenters. The Morgan fingerprint density at radius 2 is 1.33 bits per heavy atom. The molecule has 1 fully saturated rings. The fraction of sp³-hybridized carbons (Fsp3) is 0.500. The van der Waals surface area contributed by atoms with Crippen LogP contribution >= 0.6 is 0 Å². The number of nitro groups is 1. The van der Waals surface area contributed by atoms with Gasteiger partial charge in [-0.25, -0.2) is 4.79 Å². The highest BCUT2D eigenvalue weighted by Gasteiger charge is 2.18. The summed E-state index contributed by atoms with van der Waals surface area (Å²) in [5, 5.41) is 25.0. The molecule has 46 heavy (non-hydrogen) atoms. The largest absolute Gasteiger partial charge is 0.453 e. The number of non-ortho nitro benzene ring substituents is 1. The minimum atomic E-state index is -0.562. The lowest BCUT2D eigenvalue weighted by atomic mass is 10.2. The van der Waals surface area contributed by atoms with Gasteiger partial charge in [0.2, 0.25) is 12.3 Å². The lowest BCUT2D eigenvalue weighted by Crippen LogP contribution is -2.38. The Morgan fingerprint density at radius 3 is 1.72 bits per heavy atom. The van der Waals surface area contributed by atoms with Gasteiger partial charge < -0.3 is 35.4 Å². The van der Waals surface area contributed by atoms with E-state index in [1.807, 2.05) is 27.7 Å². The average Bonchev–Trinajstić information content (AvgIpc) is 3.64. The number of aliphatic hydroxyl groups excluding tert-OH is 1. The Hall–Kier alpha value is -4.56. The molecular weight excluding hydrogens is 598 g/mol. The van der Waals surface area contributed by atoms with Gasteiger partial charge in [-0.3, -0.25) is 24.5 Å². The fourth-order valence-electron chi connectivity index (χ4n) is 2.95. The first-order valence-electron chi connectivity index (χ1n) is 15.0. The summed E-state index contributed by atoms with van der Waals surface area (Å²) in [7, 11) is 5.52. The van der Waals surface area contributed by atoms with Gasteiger partial charge in [-0.1, -0.05) is 48.0 Å². The molecule has 1 heterocycles. The Bertz CT molecular complexity index is 1040. The van der Waals surface area contributed by atoms with Crippen LogP contribution in [0.1, 0.15) is 71.2 Å². The van der Waals surface area contributed by atoms with Crippen molar-refractivity contribution < 1.29 is 38.7 Å². The van der Waals surface area contributed by atoms with E-state index in [0.29, 0.717) is 23.3 Å². The molecule has 2 aromatic rings. The van der Waals surface area contributed by atoms with E-state index in [9.17, 15) is 29.3 Å². The lowest BCUT2D eigenvalue weighted by molar-refractivity contribution is -0.384. The number of ether oxygens (including phenoxy) is 2. The number of nitro benzene ring substituents is 1. The smallest absolute Gasteiger partial charge is 0.407 e. The lowest BCUT2D eigenvalue weighted by Gasteiger charge is -2.14. The van der Waals surface area contributed by atoms with Crippen LogP contribution in [0.15, 0.2) is 48.5 Å². The number of benzene rings is 2. The molecule has 2 aromatic carbocycles. The van der Waals surface area contributed by atoms with Crippen molar-refractivity contribution in [3.63, 3.8) is 0 Å². The molecule has 262 valence electrons. The highest BCUT2D eigenvalue weighted by atomic mass is 16.6. The number of carbonyl (C=O) groups excluding carboxylic acids is 4. The van der Waals surface area contributed by atoms with E-state index in [-0.39, 0.29) is 24.0 Å². The Labute approximate surface area is 274 Å². The SMILES string of the molecule is CC.CC.CCC.CO.COC.COC(=O)NCC(=O)N1CCCC1.O=CNc1ccc(NC(=O)c2ccc([N+](=O)[O-])cc2)cc1. The van der Waals surface area contributed by atoms with Gasteiger partial charge in [0.1, 0.15) is 6.54 Å². The van der Waals surface area contributed by atoms with E-state index in [0.717, 1.165) is 33.0 Å². The quantitative estimate of drug-likeness (QED) is 0.164. The van der Waals surface area contributed by atoms with Gasteiger partial charge in [0.15, 0.2) is 0 Å². The van der Waals surface area contributed by atoms with Crippen molar-refractivity contribution in [2.75, 3.05) is 58.7 Å². The first kappa shape index (κ1) is 48.3. The number of likely N-dealkylation sites (tertiary alicyclic amines) is 1. The molecule has 4 amide bonds. The summed E-state index contributed by atoms with van der Waals surface area (Å²) < 4.78 is 8.59. The molecule has 0 aromatic heterocycles. The number of alkyl carbamates (subject to hydrolysis) is 1. The highest BCUT2D eigenvalue weighted by Crippen LogP contribution is 2.16. The van der Waals surface area contributed by atoms with Crippen LogP contribution in [0, 0.1) is 10.1 Å². The number of methoxy groups -OCH3 is 2. The van der Waals surface area contributed by atoms with Crippen molar-refractivity contribution in [1.29, 1.82) is 0 Å². The second kappa shape index (κ2) is 34.9. The molecule has 0 saturated carbocycles. The molecule has 0 aliphatic carbocycles. The zero-order valence-corrected chi connectivity index (χ0v) is 29.0. The number of amides is 4. The van der Waals surface area contributed by atoms with Crippen molar-refractivity contribution in [3.8, 4) is 0 Å². The third-order valence-electron chi connectivity index (χ3n) is 4.74. The second-order valence-electron chi connectivity index (χ2n) is 8.15. The van der Waals surface area contributed by atoms with Crippen LogP contribution in [-0.4, -0.2) is 87.3 Å². The van der Waals surface area contributed by atoms with Crippen molar-refractivity contribution in [1.82, 2.24) is 10.2 Å². The van der Waals surface area contributed by atoms with E-state index in [1.54, 1.807) is 43.4 Å². The number of aliphatic hydroxyl groups is 1. The molecule has 3 rings (SSSR count). The van der Waals surface area contributed by atoms with Crippen molar-refractivity contribution in [3.05, 3.63) is 64.2 Å². The zero-order valence-electron chi connectivity index (χ0n) is 29.0. The maximum atomic E-state index is 12.0. The van der Waals surface area contributed by atoms with E-state index in [2.05, 4.69) is 39.3 Å². The summed E-state index contributed by atoms with van der Waals surface area (Å²) in [6.45, 7) is 13.9. The molecule has 1 aliphatic heterocycles. The fourth-order valence-corrected chi connectivity index (χ4v) is 2.95. The Balaban J connectivity index is -0.000000301. The van der Waals surface area contributed by atoms with Gasteiger partial charge in [0.05, 0.1) is 12.0 Å². The van der Waals surface area contributed by atoms with Crippen molar-refractivity contribution in [2.24, 2.45) is 0 Å². The maximum absolute atomic E-state index is 12.0. The number of hydrogen-bond donors (Lipinski definition) is 4. The van der Waals surface area contributed by atoms with E-state index < -0.39 is 11.0 Å². The Kier molecular flexibility index (Phi) is 36.7. The molecule has 14 nitrogen and oxygen atoms in total.